The van der Waals surface area contributed by atoms with Gasteiger partial charge < -0.3 is 20.5 Å². The molecule has 1 aliphatic heterocycles. The molecule has 0 radical (unpaired) electrons. The number of alkyl halides is 3. The van der Waals surface area contributed by atoms with Gasteiger partial charge in [-0.3, -0.25) is 9.59 Å². The molecule has 2 aromatic heterocycles. The Kier molecular flexibility index (Phi) is 6.15. The summed E-state index contributed by atoms with van der Waals surface area (Å²) in [7, 11) is 1.03. The number of methoxy groups -OCH3 is 1. The summed E-state index contributed by atoms with van der Waals surface area (Å²) in [6.07, 6.45) is -6.69. The first-order valence-electron chi connectivity index (χ1n) is 10.7. The lowest BCUT2D eigenvalue weighted by atomic mass is 9.77. The van der Waals surface area contributed by atoms with E-state index >= 15 is 0 Å². The highest BCUT2D eigenvalue weighted by Crippen LogP contribution is 2.55. The van der Waals surface area contributed by atoms with Gasteiger partial charge in [0.05, 0.1) is 12.6 Å². The Morgan fingerprint density at radius 3 is 2.44 bits per heavy atom. The van der Waals surface area contributed by atoms with Crippen LogP contribution >= 0.6 is 0 Å². The molecule has 4 rings (SSSR count). The molecular weight excluding hydrogens is 491 g/mol. The molecule has 192 valence electrons. The minimum Gasteiger partial charge on any atom is -0.493 e. The van der Waals surface area contributed by atoms with Crippen molar-refractivity contribution >= 4 is 23.1 Å². The molecule has 8 nitrogen and oxygen atoms in total. The molecule has 3 heterocycles. The predicted molar refractivity (Wildman–Crippen MR) is 116 cm³/mol. The van der Waals surface area contributed by atoms with Gasteiger partial charge in [0.2, 0.25) is 5.82 Å². The van der Waals surface area contributed by atoms with Crippen LogP contribution in [-0.4, -0.2) is 46.4 Å². The summed E-state index contributed by atoms with van der Waals surface area (Å²) in [6.45, 7) is 1.99. The summed E-state index contributed by atoms with van der Waals surface area (Å²) in [4.78, 5) is 24.9. The quantitative estimate of drug-likeness (QED) is 0.506. The van der Waals surface area contributed by atoms with Crippen molar-refractivity contribution in [3.05, 3.63) is 59.3 Å². The summed E-state index contributed by atoms with van der Waals surface area (Å²) >= 11 is 0. The lowest BCUT2D eigenvalue weighted by molar-refractivity contribution is -0.272. The number of hydrogen-bond donors (Lipinski definition) is 2. The zero-order valence-corrected chi connectivity index (χ0v) is 19.2. The molecule has 0 saturated carbocycles. The predicted octanol–water partition coefficient (Wildman–Crippen LogP) is 3.80. The van der Waals surface area contributed by atoms with E-state index in [-0.39, 0.29) is 17.1 Å². The lowest BCUT2D eigenvalue weighted by Crippen LogP contribution is -2.47. The van der Waals surface area contributed by atoms with E-state index in [2.05, 4.69) is 10.4 Å². The van der Waals surface area contributed by atoms with Crippen molar-refractivity contribution in [2.75, 3.05) is 12.4 Å². The number of benzene rings is 1. The van der Waals surface area contributed by atoms with Crippen LogP contribution in [0.1, 0.15) is 35.8 Å². The summed E-state index contributed by atoms with van der Waals surface area (Å²) in [5.41, 5.74) is 2.84. The molecule has 2 amide bonds. The first-order valence-corrected chi connectivity index (χ1v) is 10.7. The number of amides is 2. The zero-order chi connectivity index (χ0) is 26.6. The normalized spacial score (nSPS) is 24.2. The molecule has 0 unspecified atom stereocenters. The van der Waals surface area contributed by atoms with E-state index in [0.717, 1.165) is 30.7 Å². The van der Waals surface area contributed by atoms with Crippen molar-refractivity contribution in [1.29, 1.82) is 0 Å². The zero-order valence-electron chi connectivity index (χ0n) is 19.2. The number of nitrogens with one attached hydrogen (secondary N) is 1. The summed E-state index contributed by atoms with van der Waals surface area (Å²) in [6, 6.07) is 7.65. The highest BCUT2D eigenvalue weighted by atomic mass is 19.4. The monoisotopic (exact) mass is 512 g/mol. The van der Waals surface area contributed by atoms with Crippen molar-refractivity contribution in [3.8, 4) is 5.75 Å². The van der Waals surface area contributed by atoms with Crippen LogP contribution in [0.4, 0.5) is 27.8 Å². The number of fused-ring (bicyclic) bond motifs is 1. The minimum atomic E-state index is -4.90. The molecule has 3 N–H and O–H groups in total. The lowest BCUT2D eigenvalue weighted by Gasteiger charge is -2.32. The van der Waals surface area contributed by atoms with Gasteiger partial charge in [-0.05, 0) is 37.3 Å². The number of nitrogens with zero attached hydrogens (tertiary/aromatic N) is 2. The van der Waals surface area contributed by atoms with Crippen LogP contribution in [0.15, 0.2) is 36.4 Å². The van der Waals surface area contributed by atoms with Crippen LogP contribution in [0.2, 0.25) is 0 Å². The van der Waals surface area contributed by atoms with Crippen LogP contribution in [0.5, 0.6) is 5.75 Å². The highest BCUT2D eigenvalue weighted by Gasteiger charge is 2.66. The number of anilines is 1. The average Bonchev–Trinajstić information content (AvgIpc) is 3.35. The Balaban J connectivity index is 1.77. The van der Waals surface area contributed by atoms with E-state index in [1.165, 1.54) is 25.1 Å². The van der Waals surface area contributed by atoms with Crippen LogP contribution in [-0.2, 0) is 9.53 Å². The van der Waals surface area contributed by atoms with Gasteiger partial charge in [-0.25, -0.2) is 8.91 Å². The van der Waals surface area contributed by atoms with Gasteiger partial charge in [0.1, 0.15) is 11.8 Å². The van der Waals surface area contributed by atoms with E-state index in [0.29, 0.717) is 5.52 Å². The topological polar surface area (TPSA) is 108 Å². The second kappa shape index (κ2) is 8.73. The molecular formula is C23H21F5N4O4. The molecule has 1 fully saturated rings. The molecule has 1 aromatic carbocycles. The molecule has 1 saturated heterocycles. The molecule has 0 spiro atoms. The Morgan fingerprint density at radius 1 is 1.17 bits per heavy atom. The number of aromatic nitrogens is 2. The third-order valence-electron chi connectivity index (χ3n) is 6.58. The van der Waals surface area contributed by atoms with Gasteiger partial charge in [0.15, 0.2) is 23.0 Å². The number of halogens is 5. The largest absolute Gasteiger partial charge is 0.493 e. The summed E-state index contributed by atoms with van der Waals surface area (Å²) in [5, 5.41) is 6.48. The fourth-order valence-corrected chi connectivity index (χ4v) is 4.48. The van der Waals surface area contributed by atoms with E-state index in [4.69, 9.17) is 15.2 Å². The number of carbonyl (C=O) groups is 2. The number of primary amides is 1. The Labute approximate surface area is 201 Å². The van der Waals surface area contributed by atoms with Gasteiger partial charge in [-0.2, -0.15) is 17.6 Å². The van der Waals surface area contributed by atoms with Crippen LogP contribution < -0.4 is 15.8 Å². The molecule has 4 atom stereocenters. The van der Waals surface area contributed by atoms with Gasteiger partial charge in [-0.15, -0.1) is 5.10 Å². The number of ether oxygens (including phenoxy) is 2. The number of hydrogen-bond acceptors (Lipinski definition) is 5. The van der Waals surface area contributed by atoms with Gasteiger partial charge >= 0.3 is 6.18 Å². The smallest absolute Gasteiger partial charge is 0.417 e. The first kappa shape index (κ1) is 25.4. The van der Waals surface area contributed by atoms with Crippen molar-refractivity contribution < 1.29 is 41.0 Å². The summed E-state index contributed by atoms with van der Waals surface area (Å²) < 4.78 is 81.8. The second-order valence-corrected chi connectivity index (χ2v) is 8.57. The standard InChI is InChI=1S/C23H21F5N4O4/c1-10-16(12-6-7-13(24)17(25)18(12)35-3)19(36-22(10,2)23(26,27)28)21(34)30-15-9-5-11-4-8-14(20(29)33)32(11)31-15/h4-10,16,19H,1-3H3,(H2,29,33)(H,30,31,34)/t10-,16-,19+,22+/m0/s1. The molecule has 0 aliphatic carbocycles. The molecule has 1 aliphatic rings. The molecule has 3 aromatic rings. The third kappa shape index (κ3) is 3.92. The van der Waals surface area contributed by atoms with E-state index in [1.54, 1.807) is 6.07 Å². The van der Waals surface area contributed by atoms with Gasteiger partial charge in [-0.1, -0.05) is 13.0 Å². The number of rotatable bonds is 5. The molecule has 13 heteroatoms. The Morgan fingerprint density at radius 2 is 1.83 bits per heavy atom. The Bertz CT molecular complexity index is 1360. The minimum absolute atomic E-state index is 0.0147. The maximum atomic E-state index is 14.5. The van der Waals surface area contributed by atoms with E-state index in [1.807, 2.05) is 0 Å². The third-order valence-corrected chi connectivity index (χ3v) is 6.58. The first-order chi connectivity index (χ1) is 16.8. The van der Waals surface area contributed by atoms with Crippen LogP contribution in [0.3, 0.4) is 0 Å². The fourth-order valence-electron chi connectivity index (χ4n) is 4.48. The maximum absolute atomic E-state index is 14.5. The van der Waals surface area contributed by atoms with E-state index < -0.39 is 58.9 Å². The second-order valence-electron chi connectivity index (χ2n) is 8.57. The molecule has 36 heavy (non-hydrogen) atoms. The maximum Gasteiger partial charge on any atom is 0.417 e. The molecule has 0 bridgehead atoms. The van der Waals surface area contributed by atoms with Gasteiger partial charge in [0.25, 0.3) is 11.8 Å². The van der Waals surface area contributed by atoms with Crippen LogP contribution in [0, 0.1) is 17.6 Å². The van der Waals surface area contributed by atoms with Crippen molar-refractivity contribution in [1.82, 2.24) is 9.61 Å². The highest BCUT2D eigenvalue weighted by molar-refractivity contribution is 5.95. The Hall–Kier alpha value is -3.74. The van der Waals surface area contributed by atoms with Gasteiger partial charge in [0, 0.05) is 17.4 Å². The SMILES string of the molecule is COc1c([C@H]2[C@H](C(=O)Nc3ccc4ccc(C(N)=O)n4n3)O[C@@](C)(C(F)(F)F)[C@H]2C)ccc(F)c1F. The van der Waals surface area contributed by atoms with Crippen molar-refractivity contribution in [2.24, 2.45) is 11.7 Å². The van der Waals surface area contributed by atoms with Crippen LogP contribution in [0.25, 0.3) is 5.52 Å². The fraction of sp³-hybridized carbons (Fsp3) is 0.348. The number of nitrogens with two attached hydrogens (primary N) is 1. The number of carbonyl (C=O) groups excluding carboxylic acids is 2. The van der Waals surface area contributed by atoms with Crippen molar-refractivity contribution in [2.45, 2.75) is 37.6 Å². The summed E-state index contributed by atoms with van der Waals surface area (Å²) in [5.74, 6) is -8.00. The van der Waals surface area contributed by atoms with Crippen molar-refractivity contribution in [3.63, 3.8) is 0 Å². The van der Waals surface area contributed by atoms with E-state index in [9.17, 15) is 31.5 Å². The average molecular weight is 512 g/mol.